The number of benzene rings is 1. The molecule has 0 aliphatic heterocycles. The van der Waals surface area contributed by atoms with E-state index in [9.17, 15) is 10.1 Å². The van der Waals surface area contributed by atoms with E-state index in [0.29, 0.717) is 11.3 Å². The maximum atomic E-state index is 10.4. The van der Waals surface area contributed by atoms with Crippen LogP contribution in [-0.4, -0.2) is 4.92 Å². The molecule has 0 fully saturated rings. The Labute approximate surface area is 75.0 Å². The minimum absolute atomic E-state index is 0.0221. The molecule has 0 spiro atoms. The number of non-ortho nitro benzene ring substituents is 1. The van der Waals surface area contributed by atoms with Gasteiger partial charge in [0.15, 0.2) is 0 Å². The van der Waals surface area contributed by atoms with Crippen molar-refractivity contribution in [2.45, 2.75) is 0 Å². The third kappa shape index (κ3) is 2.03. The molecule has 5 nitrogen and oxygen atoms in total. The molecule has 0 radical (unpaired) electrons. The highest BCUT2D eigenvalue weighted by Gasteiger charge is 2.06. The number of nitro benzene ring substituents is 1. The number of hydrogen-bond donors (Lipinski definition) is 2. The van der Waals surface area contributed by atoms with Crippen LogP contribution in [0.5, 0.6) is 0 Å². The number of hydrazine groups is 1. The van der Waals surface area contributed by atoms with Gasteiger partial charge in [-0.15, -0.1) is 0 Å². The highest BCUT2D eigenvalue weighted by atomic mass is 16.6. The zero-order chi connectivity index (χ0) is 9.84. The molecule has 68 valence electrons. The molecule has 0 unspecified atom stereocenters. The lowest BCUT2D eigenvalue weighted by Crippen LogP contribution is -2.18. The molecule has 3 N–H and O–H groups in total. The molecular weight excluding hydrogens is 170 g/mol. The zero-order valence-electron chi connectivity index (χ0n) is 6.86. The van der Waals surface area contributed by atoms with Crippen LogP contribution in [0.15, 0.2) is 30.8 Å². The monoisotopic (exact) mass is 179 g/mol. The first kappa shape index (κ1) is 9.21. The van der Waals surface area contributed by atoms with Gasteiger partial charge >= 0.3 is 0 Å². The molecule has 1 rings (SSSR count). The molecule has 0 atom stereocenters. The Morgan fingerprint density at radius 1 is 1.62 bits per heavy atom. The fraction of sp³-hybridized carbons (Fsp3) is 0. The van der Waals surface area contributed by atoms with E-state index in [2.05, 4.69) is 12.0 Å². The van der Waals surface area contributed by atoms with E-state index in [1.54, 1.807) is 12.1 Å². The van der Waals surface area contributed by atoms with Crippen molar-refractivity contribution in [3.8, 4) is 0 Å². The van der Waals surface area contributed by atoms with E-state index >= 15 is 0 Å². The normalized spacial score (nSPS) is 9.31. The van der Waals surface area contributed by atoms with Crippen LogP contribution in [-0.2, 0) is 0 Å². The molecule has 0 saturated heterocycles. The summed E-state index contributed by atoms with van der Waals surface area (Å²) in [7, 11) is 0. The number of nitro groups is 1. The molecule has 0 aromatic heterocycles. The van der Waals surface area contributed by atoms with Crippen molar-refractivity contribution >= 4 is 11.4 Å². The predicted molar refractivity (Wildman–Crippen MR) is 49.5 cm³/mol. The summed E-state index contributed by atoms with van der Waals surface area (Å²) < 4.78 is 0. The Bertz CT molecular complexity index is 349. The second kappa shape index (κ2) is 3.68. The summed E-state index contributed by atoms with van der Waals surface area (Å²) in [5, 5.41) is 10.4. The highest BCUT2D eigenvalue weighted by Crippen LogP contribution is 2.16. The molecule has 0 amide bonds. The molecule has 5 heteroatoms. The van der Waals surface area contributed by atoms with Crippen molar-refractivity contribution < 1.29 is 4.92 Å². The molecule has 1 aromatic rings. The van der Waals surface area contributed by atoms with E-state index in [4.69, 9.17) is 5.84 Å². The van der Waals surface area contributed by atoms with E-state index in [1.165, 1.54) is 12.1 Å². The highest BCUT2D eigenvalue weighted by molar-refractivity contribution is 5.63. The Morgan fingerprint density at radius 3 is 2.85 bits per heavy atom. The standard InChI is InChI=1S/C8H9N3O2/c1-6(10-9)7-3-2-4-8(5-7)11(12)13/h2-5,10H,1,9H2. The van der Waals surface area contributed by atoms with Crippen molar-refractivity contribution in [2.24, 2.45) is 5.84 Å². The van der Waals surface area contributed by atoms with Crippen molar-refractivity contribution in [3.05, 3.63) is 46.5 Å². The Morgan fingerprint density at radius 2 is 2.31 bits per heavy atom. The largest absolute Gasteiger partial charge is 0.324 e. The summed E-state index contributed by atoms with van der Waals surface area (Å²) in [6.45, 7) is 3.59. The van der Waals surface area contributed by atoms with Gasteiger partial charge in [0.05, 0.1) is 4.92 Å². The van der Waals surface area contributed by atoms with Crippen LogP contribution in [0.1, 0.15) is 5.56 Å². The molecule has 0 saturated carbocycles. The summed E-state index contributed by atoms with van der Waals surface area (Å²) in [5.41, 5.74) is 3.41. The fourth-order valence-electron chi connectivity index (χ4n) is 0.891. The van der Waals surface area contributed by atoms with Crippen LogP contribution in [0.25, 0.3) is 5.70 Å². The second-order valence-corrected chi connectivity index (χ2v) is 2.43. The topological polar surface area (TPSA) is 81.2 Å². The molecule has 0 bridgehead atoms. The Kier molecular flexibility index (Phi) is 2.61. The lowest BCUT2D eigenvalue weighted by atomic mass is 10.1. The van der Waals surface area contributed by atoms with Crippen LogP contribution in [0.4, 0.5) is 5.69 Å². The summed E-state index contributed by atoms with van der Waals surface area (Å²) >= 11 is 0. The predicted octanol–water partition coefficient (Wildman–Crippen LogP) is 1.03. The lowest BCUT2D eigenvalue weighted by molar-refractivity contribution is -0.384. The van der Waals surface area contributed by atoms with Gasteiger partial charge in [-0.3, -0.25) is 16.0 Å². The molecular formula is C8H9N3O2. The second-order valence-electron chi connectivity index (χ2n) is 2.43. The number of hydrogen-bond acceptors (Lipinski definition) is 4. The van der Waals surface area contributed by atoms with Crippen LogP contribution in [0.2, 0.25) is 0 Å². The van der Waals surface area contributed by atoms with E-state index in [0.717, 1.165) is 0 Å². The minimum atomic E-state index is -0.465. The maximum absolute atomic E-state index is 10.4. The van der Waals surface area contributed by atoms with E-state index < -0.39 is 4.92 Å². The number of rotatable bonds is 3. The van der Waals surface area contributed by atoms with Crippen molar-refractivity contribution in [2.75, 3.05) is 0 Å². The summed E-state index contributed by atoms with van der Waals surface area (Å²) in [5.74, 6) is 5.11. The van der Waals surface area contributed by atoms with Crippen LogP contribution in [0.3, 0.4) is 0 Å². The SMILES string of the molecule is C=C(NN)c1cccc([N+](=O)[O-])c1. The summed E-state index contributed by atoms with van der Waals surface area (Å²) in [4.78, 5) is 9.92. The quantitative estimate of drug-likeness (QED) is 0.412. The third-order valence-corrected chi connectivity index (χ3v) is 1.58. The number of nitrogens with one attached hydrogen (secondary N) is 1. The van der Waals surface area contributed by atoms with Gasteiger partial charge in [-0.1, -0.05) is 18.7 Å². The van der Waals surface area contributed by atoms with Gasteiger partial charge in [0.2, 0.25) is 0 Å². The van der Waals surface area contributed by atoms with E-state index in [1.807, 2.05) is 0 Å². The first-order valence-electron chi connectivity index (χ1n) is 3.55. The van der Waals surface area contributed by atoms with E-state index in [-0.39, 0.29) is 5.69 Å². The number of nitrogens with two attached hydrogens (primary N) is 1. The van der Waals surface area contributed by atoms with Crippen LogP contribution in [0, 0.1) is 10.1 Å². The Hall–Kier alpha value is -1.88. The van der Waals surface area contributed by atoms with Gasteiger partial charge < -0.3 is 5.43 Å². The lowest BCUT2D eigenvalue weighted by Gasteiger charge is -2.03. The molecule has 0 heterocycles. The van der Waals surface area contributed by atoms with Gasteiger partial charge in [-0.05, 0) is 0 Å². The smallest absolute Gasteiger partial charge is 0.270 e. The summed E-state index contributed by atoms with van der Waals surface area (Å²) in [6.07, 6.45) is 0. The average Bonchev–Trinajstić information content (AvgIpc) is 2.17. The zero-order valence-corrected chi connectivity index (χ0v) is 6.86. The summed E-state index contributed by atoms with van der Waals surface area (Å²) in [6, 6.07) is 6.08. The average molecular weight is 179 g/mol. The molecule has 0 aliphatic carbocycles. The van der Waals surface area contributed by atoms with Crippen LogP contribution >= 0.6 is 0 Å². The molecule has 13 heavy (non-hydrogen) atoms. The van der Waals surface area contributed by atoms with Gasteiger partial charge in [0.25, 0.3) is 5.69 Å². The van der Waals surface area contributed by atoms with Crippen molar-refractivity contribution in [1.82, 2.24) is 5.43 Å². The molecule has 0 aliphatic rings. The maximum Gasteiger partial charge on any atom is 0.270 e. The van der Waals surface area contributed by atoms with Gasteiger partial charge in [0, 0.05) is 23.4 Å². The van der Waals surface area contributed by atoms with Gasteiger partial charge in [-0.25, -0.2) is 0 Å². The first-order chi connectivity index (χ1) is 6.15. The minimum Gasteiger partial charge on any atom is -0.324 e. The molecule has 1 aromatic carbocycles. The first-order valence-corrected chi connectivity index (χ1v) is 3.55. The van der Waals surface area contributed by atoms with Crippen molar-refractivity contribution in [3.63, 3.8) is 0 Å². The van der Waals surface area contributed by atoms with Gasteiger partial charge in [0.1, 0.15) is 0 Å². The van der Waals surface area contributed by atoms with Crippen LogP contribution < -0.4 is 11.3 Å². The van der Waals surface area contributed by atoms with Crippen molar-refractivity contribution in [1.29, 1.82) is 0 Å². The third-order valence-electron chi connectivity index (χ3n) is 1.58. The fourth-order valence-corrected chi connectivity index (χ4v) is 0.891. The number of nitrogens with zero attached hydrogens (tertiary/aromatic N) is 1. The van der Waals surface area contributed by atoms with Gasteiger partial charge in [-0.2, -0.15) is 0 Å². The Balaban J connectivity index is 3.05.